The molecule has 1 aliphatic carbocycles. The van der Waals surface area contributed by atoms with E-state index in [1.165, 1.54) is 35.2 Å². The normalized spacial score (nSPS) is 22.2. The summed E-state index contributed by atoms with van der Waals surface area (Å²) in [6.45, 7) is 8.26. The van der Waals surface area contributed by atoms with Crippen molar-refractivity contribution in [3.8, 4) is 0 Å². The molecule has 0 fully saturated rings. The summed E-state index contributed by atoms with van der Waals surface area (Å²) in [7, 11) is -1.38. The van der Waals surface area contributed by atoms with E-state index in [0.29, 0.717) is 29.8 Å². The van der Waals surface area contributed by atoms with Crippen molar-refractivity contribution in [1.82, 2.24) is 19.8 Å². The number of esters is 1. The zero-order valence-electron chi connectivity index (χ0n) is 22.9. The van der Waals surface area contributed by atoms with Gasteiger partial charge in [0.25, 0.3) is 0 Å². The van der Waals surface area contributed by atoms with E-state index in [0.717, 1.165) is 24.5 Å². The van der Waals surface area contributed by atoms with Crippen molar-refractivity contribution in [1.29, 1.82) is 0 Å². The fourth-order valence-corrected chi connectivity index (χ4v) is 8.67. The number of carbonyl (C=O) groups excluding carboxylic acids is 2. The number of cyclic esters (lactones) is 1. The first-order chi connectivity index (χ1) is 18.7. The van der Waals surface area contributed by atoms with E-state index in [1.807, 2.05) is 18.7 Å². The Labute approximate surface area is 230 Å². The van der Waals surface area contributed by atoms with Gasteiger partial charge in [0.1, 0.15) is 18.1 Å². The molecule has 39 heavy (non-hydrogen) atoms. The van der Waals surface area contributed by atoms with Crippen LogP contribution in [0.1, 0.15) is 42.9 Å². The second-order valence-corrected chi connectivity index (χ2v) is 17.2. The summed E-state index contributed by atoms with van der Waals surface area (Å²) >= 11 is 0. The Hall–Kier alpha value is -3.43. The maximum atomic E-state index is 13.7. The summed E-state index contributed by atoms with van der Waals surface area (Å²) in [5, 5.41) is 14.5. The highest BCUT2D eigenvalue weighted by Crippen LogP contribution is 2.44. The van der Waals surface area contributed by atoms with Crippen LogP contribution in [0.5, 0.6) is 0 Å². The number of benzene rings is 1. The predicted molar refractivity (Wildman–Crippen MR) is 151 cm³/mol. The monoisotopic (exact) mass is 544 g/mol. The number of hydrogen-bond donors (Lipinski definition) is 2. The average Bonchev–Trinajstić information content (AvgIpc) is 3.56. The summed E-state index contributed by atoms with van der Waals surface area (Å²) in [6, 6.07) is 9.00. The fourth-order valence-electron chi connectivity index (χ4n) is 6.36. The van der Waals surface area contributed by atoms with Gasteiger partial charge in [-0.1, -0.05) is 50.3 Å². The molecule has 8 nitrogen and oxygen atoms in total. The van der Waals surface area contributed by atoms with Crippen LogP contribution in [0.3, 0.4) is 0 Å². The molecule has 204 valence electrons. The Morgan fingerprint density at radius 2 is 2.08 bits per heavy atom. The second kappa shape index (κ2) is 9.64. The van der Waals surface area contributed by atoms with Crippen LogP contribution in [0.2, 0.25) is 25.2 Å². The van der Waals surface area contributed by atoms with Crippen LogP contribution >= 0.6 is 0 Å². The van der Waals surface area contributed by atoms with E-state index in [9.17, 15) is 14.7 Å². The Morgan fingerprint density at radius 1 is 1.23 bits per heavy atom. The number of nitrogens with one attached hydrogen (secondary N) is 1. The third-order valence-electron chi connectivity index (χ3n) is 8.85. The number of allylic oxidation sites excluding steroid dienone is 2. The van der Waals surface area contributed by atoms with Gasteiger partial charge in [-0.15, -0.1) is 0 Å². The van der Waals surface area contributed by atoms with Gasteiger partial charge in [-0.3, -0.25) is 4.79 Å². The van der Waals surface area contributed by atoms with Crippen molar-refractivity contribution in [2.45, 2.75) is 76.5 Å². The molecule has 0 saturated heterocycles. The molecule has 2 aromatic rings. The van der Waals surface area contributed by atoms with Gasteiger partial charge in [-0.2, -0.15) is 0 Å². The van der Waals surface area contributed by atoms with Crippen LogP contribution in [-0.2, 0) is 33.8 Å². The van der Waals surface area contributed by atoms with Crippen molar-refractivity contribution < 1.29 is 19.4 Å². The van der Waals surface area contributed by atoms with Crippen LogP contribution in [0.25, 0.3) is 6.08 Å². The van der Waals surface area contributed by atoms with Gasteiger partial charge in [-0.25, -0.2) is 9.78 Å². The number of Topliss-reactive ketones (excluding diaryl/α,β-unsaturated/α-hetero) is 1. The smallest absolute Gasteiger partial charge is 0.342 e. The standard InChI is InChI=1S/C30H36N4O4Si/c1-4-30(37)24-16-25-27(28(35)23(24)18-38-29(30)36)34-17-22-20(7-5-8-21(22)15-26(34)32-25)9-14-39(2,3)13-6-11-33-12-10-31-19-33/h5,7-8,10,12,15,19,32,37H,4,6,9,11,13-14,16-18H2,1-3H3/t30-/m0/s1. The third kappa shape index (κ3) is 4.47. The van der Waals surface area contributed by atoms with Crippen LogP contribution in [-0.4, -0.2) is 51.6 Å². The third-order valence-corrected chi connectivity index (χ3v) is 12.2. The molecule has 4 aliphatic rings. The highest BCUT2D eigenvalue weighted by Gasteiger charge is 2.51. The summed E-state index contributed by atoms with van der Waals surface area (Å²) in [5.41, 5.74) is 4.33. The maximum absolute atomic E-state index is 13.7. The summed E-state index contributed by atoms with van der Waals surface area (Å²) in [6.07, 6.45) is 10.6. The highest BCUT2D eigenvalue weighted by molar-refractivity contribution is 6.77. The zero-order valence-corrected chi connectivity index (χ0v) is 23.9. The molecule has 6 rings (SSSR count). The largest absolute Gasteiger partial charge is 0.458 e. The van der Waals surface area contributed by atoms with Crippen molar-refractivity contribution >= 4 is 25.9 Å². The lowest BCUT2D eigenvalue weighted by atomic mass is 9.78. The summed E-state index contributed by atoms with van der Waals surface area (Å²) in [4.78, 5) is 32.3. The van der Waals surface area contributed by atoms with E-state index in [4.69, 9.17) is 4.74 Å². The molecule has 4 heterocycles. The molecule has 0 bridgehead atoms. The molecule has 0 saturated carbocycles. The van der Waals surface area contributed by atoms with Gasteiger partial charge in [-0.05, 0) is 47.6 Å². The van der Waals surface area contributed by atoms with Crippen LogP contribution in [0.4, 0.5) is 0 Å². The predicted octanol–water partition coefficient (Wildman–Crippen LogP) is 4.12. The number of fused-ring (bicyclic) bond motifs is 3. The minimum absolute atomic E-state index is 0.0820. The van der Waals surface area contributed by atoms with Crippen LogP contribution in [0.15, 0.2) is 65.3 Å². The van der Waals surface area contributed by atoms with Crippen LogP contribution < -0.4 is 5.32 Å². The molecule has 3 aliphatic heterocycles. The number of ketones is 1. The SMILES string of the molecule is CC[C@@]1(O)C(=O)OCC2=C1CC1=C(C2=O)N2Cc3c(cccc3CC[Si](C)(C)CCCn3ccnc3)C=C2N1. The Bertz CT molecular complexity index is 1440. The molecule has 0 amide bonds. The van der Waals surface area contributed by atoms with Crippen molar-refractivity contribution in [2.75, 3.05) is 6.61 Å². The molecule has 0 unspecified atom stereocenters. The van der Waals surface area contributed by atoms with Gasteiger partial charge in [0, 0.05) is 44.7 Å². The highest BCUT2D eigenvalue weighted by atomic mass is 28.3. The molecule has 9 heteroatoms. The number of nitrogens with zero attached hydrogens (tertiary/aromatic N) is 3. The number of aromatic nitrogens is 2. The number of imidazole rings is 1. The Kier molecular flexibility index (Phi) is 6.38. The first-order valence-corrected chi connectivity index (χ1v) is 17.3. The molecular formula is C30H36N4O4Si. The summed E-state index contributed by atoms with van der Waals surface area (Å²) < 4.78 is 7.41. The lowest BCUT2D eigenvalue weighted by Gasteiger charge is -2.36. The number of aryl methyl sites for hydroxylation is 2. The van der Waals surface area contributed by atoms with Crippen molar-refractivity contribution in [2.24, 2.45) is 0 Å². The number of ether oxygens (including phenoxy) is 1. The first kappa shape index (κ1) is 25.8. The van der Waals surface area contributed by atoms with E-state index in [-0.39, 0.29) is 18.8 Å². The molecule has 1 aromatic heterocycles. The molecule has 0 spiro atoms. The van der Waals surface area contributed by atoms with Crippen molar-refractivity contribution in [3.05, 3.63) is 82.0 Å². The number of aliphatic hydroxyl groups is 1. The van der Waals surface area contributed by atoms with Gasteiger partial charge in [0.15, 0.2) is 5.60 Å². The summed E-state index contributed by atoms with van der Waals surface area (Å²) in [5.74, 6) is 0.0500. The molecule has 1 aromatic carbocycles. The van der Waals surface area contributed by atoms with Gasteiger partial charge >= 0.3 is 5.97 Å². The maximum Gasteiger partial charge on any atom is 0.342 e. The van der Waals surface area contributed by atoms with E-state index in [1.54, 1.807) is 6.92 Å². The van der Waals surface area contributed by atoms with Gasteiger partial charge in [0.2, 0.25) is 5.78 Å². The quantitative estimate of drug-likeness (QED) is 0.381. The molecule has 0 radical (unpaired) electrons. The lowest BCUT2D eigenvalue weighted by Crippen LogP contribution is -2.48. The van der Waals surface area contributed by atoms with E-state index >= 15 is 0 Å². The minimum Gasteiger partial charge on any atom is -0.458 e. The average molecular weight is 545 g/mol. The van der Waals surface area contributed by atoms with E-state index in [2.05, 4.69) is 57.1 Å². The minimum atomic E-state index is -1.74. The topological polar surface area (TPSA) is 96.7 Å². The van der Waals surface area contributed by atoms with Crippen molar-refractivity contribution in [3.63, 3.8) is 0 Å². The Morgan fingerprint density at radius 3 is 2.85 bits per heavy atom. The molecular weight excluding hydrogens is 508 g/mol. The van der Waals surface area contributed by atoms with E-state index < -0.39 is 19.6 Å². The second-order valence-electron chi connectivity index (χ2n) is 11.9. The number of hydrogen-bond acceptors (Lipinski definition) is 7. The molecule has 1 atom stereocenters. The molecule has 2 N–H and O–H groups in total. The number of carbonyl (C=O) groups is 2. The van der Waals surface area contributed by atoms with Gasteiger partial charge in [0.05, 0.1) is 12.9 Å². The lowest BCUT2D eigenvalue weighted by molar-refractivity contribution is -0.163. The van der Waals surface area contributed by atoms with Gasteiger partial charge < -0.3 is 24.6 Å². The van der Waals surface area contributed by atoms with Crippen LogP contribution in [0, 0.1) is 0 Å². The first-order valence-electron chi connectivity index (χ1n) is 13.9. The zero-order chi connectivity index (χ0) is 27.4. The fraction of sp³-hybridized carbons (Fsp3) is 0.433. The number of rotatable bonds is 8. The Balaban J connectivity index is 1.19.